The van der Waals surface area contributed by atoms with Gasteiger partial charge in [-0.3, -0.25) is 4.79 Å². The van der Waals surface area contributed by atoms with Crippen molar-refractivity contribution in [1.29, 1.82) is 0 Å². The SMILES string of the molecule is C[C@H](N)C(=O)N(CCc1cccc(F)c1)C1CC1.Cl. The average Bonchev–Trinajstić information content (AvgIpc) is 3.13. The van der Waals surface area contributed by atoms with E-state index in [9.17, 15) is 9.18 Å². The number of hydrogen-bond donors (Lipinski definition) is 1. The van der Waals surface area contributed by atoms with Gasteiger partial charge < -0.3 is 10.6 Å². The molecule has 0 bridgehead atoms. The fourth-order valence-corrected chi connectivity index (χ4v) is 2.06. The normalized spacial score (nSPS) is 15.5. The molecule has 106 valence electrons. The second-order valence-electron chi connectivity index (χ2n) is 4.93. The number of rotatable bonds is 5. The van der Waals surface area contributed by atoms with Gasteiger partial charge in [-0.1, -0.05) is 12.1 Å². The van der Waals surface area contributed by atoms with E-state index < -0.39 is 6.04 Å². The standard InChI is InChI=1S/C14H19FN2O.ClH/c1-10(16)14(18)17(13-5-6-13)8-7-11-3-2-4-12(15)9-11;/h2-4,9-10,13H,5-8,16H2,1H3;1H/t10-;/m0./s1. The summed E-state index contributed by atoms with van der Waals surface area (Å²) in [5.74, 6) is -0.238. The van der Waals surface area contributed by atoms with Crippen molar-refractivity contribution in [2.24, 2.45) is 5.73 Å². The molecule has 0 radical (unpaired) electrons. The van der Waals surface area contributed by atoms with Crippen molar-refractivity contribution >= 4 is 18.3 Å². The van der Waals surface area contributed by atoms with E-state index in [0.29, 0.717) is 19.0 Å². The summed E-state index contributed by atoms with van der Waals surface area (Å²) in [7, 11) is 0. The largest absolute Gasteiger partial charge is 0.338 e. The topological polar surface area (TPSA) is 46.3 Å². The first-order valence-corrected chi connectivity index (χ1v) is 6.38. The molecule has 2 rings (SSSR count). The third-order valence-corrected chi connectivity index (χ3v) is 3.19. The van der Waals surface area contributed by atoms with Crippen LogP contribution in [0, 0.1) is 5.82 Å². The molecule has 0 aliphatic heterocycles. The van der Waals surface area contributed by atoms with Gasteiger partial charge in [0.1, 0.15) is 5.82 Å². The number of benzene rings is 1. The Labute approximate surface area is 119 Å². The van der Waals surface area contributed by atoms with E-state index in [1.54, 1.807) is 13.0 Å². The van der Waals surface area contributed by atoms with Crippen LogP contribution in [0.25, 0.3) is 0 Å². The minimum atomic E-state index is -0.460. The van der Waals surface area contributed by atoms with E-state index in [2.05, 4.69) is 0 Å². The monoisotopic (exact) mass is 286 g/mol. The second kappa shape index (κ2) is 6.87. The second-order valence-corrected chi connectivity index (χ2v) is 4.93. The van der Waals surface area contributed by atoms with Crippen LogP contribution in [0.1, 0.15) is 25.3 Å². The predicted octanol–water partition coefficient (Wildman–Crippen LogP) is 2.13. The number of nitrogens with zero attached hydrogens (tertiary/aromatic N) is 1. The molecule has 0 aromatic heterocycles. The van der Waals surface area contributed by atoms with Crippen LogP contribution in [0.4, 0.5) is 4.39 Å². The molecule has 1 saturated carbocycles. The maximum Gasteiger partial charge on any atom is 0.239 e. The summed E-state index contributed by atoms with van der Waals surface area (Å²) >= 11 is 0. The minimum Gasteiger partial charge on any atom is -0.338 e. The van der Waals surface area contributed by atoms with E-state index in [1.165, 1.54) is 12.1 Å². The van der Waals surface area contributed by atoms with E-state index in [0.717, 1.165) is 18.4 Å². The smallest absolute Gasteiger partial charge is 0.239 e. The zero-order valence-corrected chi connectivity index (χ0v) is 11.8. The van der Waals surface area contributed by atoms with Gasteiger partial charge in [-0.15, -0.1) is 12.4 Å². The maximum absolute atomic E-state index is 13.0. The quantitative estimate of drug-likeness (QED) is 0.901. The fourth-order valence-electron chi connectivity index (χ4n) is 2.06. The van der Waals surface area contributed by atoms with Gasteiger partial charge in [-0.2, -0.15) is 0 Å². The lowest BCUT2D eigenvalue weighted by Gasteiger charge is -2.24. The van der Waals surface area contributed by atoms with Crippen LogP contribution in [0.5, 0.6) is 0 Å². The summed E-state index contributed by atoms with van der Waals surface area (Å²) < 4.78 is 13.0. The minimum absolute atomic E-state index is 0. The molecule has 2 N–H and O–H groups in total. The molecule has 19 heavy (non-hydrogen) atoms. The van der Waals surface area contributed by atoms with Gasteiger partial charge in [0.05, 0.1) is 6.04 Å². The molecule has 1 atom stereocenters. The number of carbonyl (C=O) groups is 1. The molecular formula is C14H20ClFN2O. The summed E-state index contributed by atoms with van der Waals surface area (Å²) in [6, 6.07) is 6.40. The average molecular weight is 287 g/mol. The van der Waals surface area contributed by atoms with Gasteiger partial charge in [0.2, 0.25) is 5.91 Å². The lowest BCUT2D eigenvalue weighted by atomic mass is 10.1. The van der Waals surface area contributed by atoms with Crippen LogP contribution in [-0.2, 0) is 11.2 Å². The first-order valence-electron chi connectivity index (χ1n) is 6.38. The van der Waals surface area contributed by atoms with Gasteiger partial charge in [-0.25, -0.2) is 4.39 Å². The Morgan fingerprint density at radius 3 is 2.74 bits per heavy atom. The number of amides is 1. The summed E-state index contributed by atoms with van der Waals surface area (Å²) in [5.41, 5.74) is 6.56. The van der Waals surface area contributed by atoms with Crippen molar-refractivity contribution < 1.29 is 9.18 Å². The summed E-state index contributed by atoms with van der Waals surface area (Å²) in [6.45, 7) is 2.33. The molecule has 1 amide bonds. The Morgan fingerprint density at radius 1 is 1.53 bits per heavy atom. The van der Waals surface area contributed by atoms with E-state index in [4.69, 9.17) is 5.73 Å². The van der Waals surface area contributed by atoms with Crippen LogP contribution in [-0.4, -0.2) is 29.4 Å². The molecule has 0 unspecified atom stereocenters. The summed E-state index contributed by atoms with van der Waals surface area (Å²) in [5, 5.41) is 0. The zero-order chi connectivity index (χ0) is 13.1. The first kappa shape index (κ1) is 15.9. The lowest BCUT2D eigenvalue weighted by molar-refractivity contribution is -0.132. The van der Waals surface area contributed by atoms with Crippen molar-refractivity contribution in [1.82, 2.24) is 4.90 Å². The Morgan fingerprint density at radius 2 is 2.21 bits per heavy atom. The summed E-state index contributed by atoms with van der Waals surface area (Å²) in [6.07, 6.45) is 2.79. The van der Waals surface area contributed by atoms with Gasteiger partial charge in [0, 0.05) is 12.6 Å². The van der Waals surface area contributed by atoms with Crippen LogP contribution in [0.2, 0.25) is 0 Å². The number of halogens is 2. The third-order valence-electron chi connectivity index (χ3n) is 3.19. The zero-order valence-electron chi connectivity index (χ0n) is 11.0. The molecule has 1 fully saturated rings. The Kier molecular flexibility index (Phi) is 5.76. The summed E-state index contributed by atoms with van der Waals surface area (Å²) in [4.78, 5) is 13.8. The van der Waals surface area contributed by atoms with Crippen LogP contribution < -0.4 is 5.73 Å². The molecule has 0 heterocycles. The Bertz CT molecular complexity index is 435. The van der Waals surface area contributed by atoms with Crippen molar-refractivity contribution in [2.75, 3.05) is 6.54 Å². The van der Waals surface area contributed by atoms with Crippen LogP contribution >= 0.6 is 12.4 Å². The molecule has 1 aromatic rings. The Balaban J connectivity index is 0.00000180. The van der Waals surface area contributed by atoms with E-state index in [1.807, 2.05) is 11.0 Å². The highest BCUT2D eigenvalue weighted by Crippen LogP contribution is 2.27. The van der Waals surface area contributed by atoms with Crippen LogP contribution in [0.3, 0.4) is 0 Å². The van der Waals surface area contributed by atoms with Gasteiger partial charge in [0.15, 0.2) is 0 Å². The molecule has 0 saturated heterocycles. The highest BCUT2D eigenvalue weighted by Gasteiger charge is 2.33. The third kappa shape index (κ3) is 4.48. The first-order chi connectivity index (χ1) is 8.58. The molecule has 1 aliphatic carbocycles. The Hall–Kier alpha value is -1.13. The predicted molar refractivity (Wildman–Crippen MR) is 75.7 cm³/mol. The van der Waals surface area contributed by atoms with Crippen molar-refractivity contribution in [2.45, 2.75) is 38.3 Å². The maximum atomic E-state index is 13.0. The number of nitrogens with two attached hydrogens (primary N) is 1. The van der Waals surface area contributed by atoms with E-state index in [-0.39, 0.29) is 24.1 Å². The fraction of sp³-hybridized carbons (Fsp3) is 0.500. The van der Waals surface area contributed by atoms with Gasteiger partial charge in [-0.05, 0) is 43.9 Å². The van der Waals surface area contributed by atoms with E-state index >= 15 is 0 Å². The van der Waals surface area contributed by atoms with Gasteiger partial charge >= 0.3 is 0 Å². The molecule has 1 aromatic carbocycles. The van der Waals surface area contributed by atoms with Crippen molar-refractivity contribution in [3.8, 4) is 0 Å². The number of hydrogen-bond acceptors (Lipinski definition) is 2. The van der Waals surface area contributed by atoms with Crippen molar-refractivity contribution in [3.63, 3.8) is 0 Å². The van der Waals surface area contributed by atoms with Gasteiger partial charge in [0.25, 0.3) is 0 Å². The lowest BCUT2D eigenvalue weighted by Crippen LogP contribution is -2.44. The molecule has 0 spiro atoms. The highest BCUT2D eigenvalue weighted by atomic mass is 35.5. The molecule has 1 aliphatic rings. The molecule has 3 nitrogen and oxygen atoms in total. The molecular weight excluding hydrogens is 267 g/mol. The van der Waals surface area contributed by atoms with Crippen LogP contribution in [0.15, 0.2) is 24.3 Å². The molecule has 5 heteroatoms. The number of carbonyl (C=O) groups excluding carboxylic acids is 1. The van der Waals surface area contributed by atoms with Crippen molar-refractivity contribution in [3.05, 3.63) is 35.6 Å². The highest BCUT2D eigenvalue weighted by molar-refractivity contribution is 5.85.